The highest BCUT2D eigenvalue weighted by molar-refractivity contribution is 6.36. The highest BCUT2D eigenvalue weighted by atomic mass is 35.5. The second kappa shape index (κ2) is 7.68. The maximum absolute atomic E-state index is 12.1. The number of hydrogen-bond acceptors (Lipinski definition) is 4. The Balaban J connectivity index is 2.50. The number of rotatable bonds is 5. The third-order valence-corrected chi connectivity index (χ3v) is 3.85. The number of halogens is 3. The molecule has 0 aliphatic rings. The van der Waals surface area contributed by atoms with E-state index in [4.69, 9.17) is 44.3 Å². The van der Waals surface area contributed by atoms with E-state index in [9.17, 15) is 9.59 Å². The molecule has 0 aliphatic carbocycles. The lowest BCUT2D eigenvalue weighted by atomic mass is 10.1. The van der Waals surface area contributed by atoms with Crippen LogP contribution in [0.5, 0.6) is 5.75 Å². The molecule has 0 fully saturated rings. The first-order valence-corrected chi connectivity index (χ1v) is 7.54. The molecule has 1 atom stereocenters. The smallest absolute Gasteiger partial charge is 0.351 e. The Kier molecular flexibility index (Phi) is 5.88. The van der Waals surface area contributed by atoms with Gasteiger partial charge in [-0.05, 0) is 18.2 Å². The van der Waals surface area contributed by atoms with Crippen molar-refractivity contribution in [2.75, 3.05) is 7.11 Å². The fourth-order valence-corrected chi connectivity index (χ4v) is 2.73. The molecule has 7 heteroatoms. The monoisotopic (exact) mass is 372 g/mol. The number of hydrogen-bond donors (Lipinski definition) is 0. The summed E-state index contributed by atoms with van der Waals surface area (Å²) in [6, 6.07) is 9.44. The number of aldehydes is 1. The minimum atomic E-state index is -1.17. The summed E-state index contributed by atoms with van der Waals surface area (Å²) >= 11 is 18.1. The van der Waals surface area contributed by atoms with Crippen molar-refractivity contribution < 1.29 is 19.1 Å². The lowest BCUT2D eigenvalue weighted by molar-refractivity contribution is -0.149. The lowest BCUT2D eigenvalue weighted by Gasteiger charge is -2.20. The van der Waals surface area contributed by atoms with Crippen LogP contribution in [0.15, 0.2) is 36.4 Å². The van der Waals surface area contributed by atoms with Gasteiger partial charge < -0.3 is 9.47 Å². The fraction of sp³-hybridized carbons (Fsp3) is 0.125. The van der Waals surface area contributed by atoms with Gasteiger partial charge in [0.25, 0.3) is 0 Å². The number of esters is 1. The average Bonchev–Trinajstić information content (AvgIpc) is 2.53. The summed E-state index contributed by atoms with van der Waals surface area (Å²) in [7, 11) is 1.22. The van der Waals surface area contributed by atoms with Gasteiger partial charge in [0.05, 0.1) is 17.7 Å². The van der Waals surface area contributed by atoms with Crippen LogP contribution in [0, 0.1) is 0 Å². The van der Waals surface area contributed by atoms with Gasteiger partial charge >= 0.3 is 5.97 Å². The highest BCUT2D eigenvalue weighted by Gasteiger charge is 2.27. The number of carbonyl (C=O) groups is 2. The van der Waals surface area contributed by atoms with E-state index in [-0.39, 0.29) is 21.4 Å². The van der Waals surface area contributed by atoms with Crippen LogP contribution in [-0.4, -0.2) is 19.4 Å². The van der Waals surface area contributed by atoms with Crippen molar-refractivity contribution >= 4 is 47.1 Å². The van der Waals surface area contributed by atoms with E-state index in [0.29, 0.717) is 16.9 Å². The summed E-state index contributed by atoms with van der Waals surface area (Å²) in [4.78, 5) is 23.3. The van der Waals surface area contributed by atoms with Crippen LogP contribution >= 0.6 is 34.8 Å². The van der Waals surface area contributed by atoms with E-state index in [1.165, 1.54) is 19.2 Å². The van der Waals surface area contributed by atoms with Crippen molar-refractivity contribution in [3.63, 3.8) is 0 Å². The summed E-state index contributed by atoms with van der Waals surface area (Å²) in [6.07, 6.45) is -0.639. The van der Waals surface area contributed by atoms with Gasteiger partial charge in [0.15, 0.2) is 6.29 Å². The second-order valence-corrected chi connectivity index (χ2v) is 5.72. The standard InChI is InChI=1S/C16H11Cl3O4/c1-22-16(21)15(11-4-2-3-5-12(11)18)23-14-9(8-20)6-10(17)7-13(14)19/h2-8,15H,1H3. The lowest BCUT2D eigenvalue weighted by Crippen LogP contribution is -2.21. The molecule has 0 aliphatic heterocycles. The van der Waals surface area contributed by atoms with E-state index in [0.717, 1.165) is 0 Å². The Bertz CT molecular complexity index is 746. The van der Waals surface area contributed by atoms with E-state index in [1.54, 1.807) is 24.3 Å². The SMILES string of the molecule is COC(=O)C(Oc1c(Cl)cc(Cl)cc1C=O)c1ccccc1Cl. The molecule has 0 aromatic heterocycles. The predicted molar refractivity (Wildman–Crippen MR) is 88.7 cm³/mol. The predicted octanol–water partition coefficient (Wildman–Crippen LogP) is 4.75. The molecule has 0 N–H and O–H groups in total. The Morgan fingerprint density at radius 1 is 1.13 bits per heavy atom. The van der Waals surface area contributed by atoms with Gasteiger partial charge in [0, 0.05) is 15.6 Å². The summed E-state index contributed by atoms with van der Waals surface area (Å²) in [5.74, 6) is -0.651. The van der Waals surface area contributed by atoms with Crippen LogP contribution in [0.2, 0.25) is 15.1 Å². The van der Waals surface area contributed by atoms with Crippen molar-refractivity contribution in [3.8, 4) is 5.75 Å². The molecule has 0 saturated carbocycles. The molecule has 0 amide bonds. The molecule has 1 unspecified atom stereocenters. The molecule has 4 nitrogen and oxygen atoms in total. The molecule has 2 aromatic rings. The second-order valence-electron chi connectivity index (χ2n) is 4.47. The molecular weight excluding hydrogens is 363 g/mol. The zero-order chi connectivity index (χ0) is 17.0. The van der Waals surface area contributed by atoms with Crippen molar-refractivity contribution in [1.29, 1.82) is 0 Å². The van der Waals surface area contributed by atoms with E-state index in [2.05, 4.69) is 0 Å². The Morgan fingerprint density at radius 3 is 2.43 bits per heavy atom. The molecule has 0 spiro atoms. The number of ether oxygens (including phenoxy) is 2. The molecule has 0 bridgehead atoms. The van der Waals surface area contributed by atoms with Crippen molar-refractivity contribution in [2.24, 2.45) is 0 Å². The normalized spacial score (nSPS) is 11.7. The highest BCUT2D eigenvalue weighted by Crippen LogP contribution is 2.36. The molecule has 2 aromatic carbocycles. The van der Waals surface area contributed by atoms with Crippen LogP contribution in [-0.2, 0) is 9.53 Å². The number of benzene rings is 2. The van der Waals surface area contributed by atoms with Gasteiger partial charge in [-0.2, -0.15) is 0 Å². The summed E-state index contributed by atoms with van der Waals surface area (Å²) in [6.45, 7) is 0. The zero-order valence-corrected chi connectivity index (χ0v) is 14.2. The van der Waals surface area contributed by atoms with Crippen LogP contribution in [0.25, 0.3) is 0 Å². The van der Waals surface area contributed by atoms with Crippen molar-refractivity contribution in [1.82, 2.24) is 0 Å². The van der Waals surface area contributed by atoms with Crippen LogP contribution < -0.4 is 4.74 Å². The van der Waals surface area contributed by atoms with E-state index in [1.807, 2.05) is 0 Å². The van der Waals surface area contributed by atoms with Gasteiger partial charge in [0.2, 0.25) is 6.10 Å². The molecule has 0 heterocycles. The quantitative estimate of drug-likeness (QED) is 0.560. The molecular formula is C16H11Cl3O4. The first-order valence-electron chi connectivity index (χ1n) is 6.41. The number of carbonyl (C=O) groups excluding carboxylic acids is 2. The third kappa shape index (κ3) is 3.96. The fourth-order valence-electron chi connectivity index (χ4n) is 1.94. The van der Waals surface area contributed by atoms with Crippen molar-refractivity contribution in [2.45, 2.75) is 6.10 Å². The third-order valence-electron chi connectivity index (χ3n) is 3.00. The van der Waals surface area contributed by atoms with Gasteiger partial charge in [-0.25, -0.2) is 4.79 Å². The molecule has 0 radical (unpaired) electrons. The topological polar surface area (TPSA) is 52.6 Å². The van der Waals surface area contributed by atoms with Crippen LogP contribution in [0.1, 0.15) is 22.0 Å². The number of methoxy groups -OCH3 is 1. The molecule has 23 heavy (non-hydrogen) atoms. The zero-order valence-electron chi connectivity index (χ0n) is 11.9. The van der Waals surface area contributed by atoms with E-state index >= 15 is 0 Å². The summed E-state index contributed by atoms with van der Waals surface area (Å²) in [5.41, 5.74) is 0.507. The average molecular weight is 374 g/mol. The van der Waals surface area contributed by atoms with Gasteiger partial charge in [-0.1, -0.05) is 53.0 Å². The first-order chi connectivity index (χ1) is 11.0. The van der Waals surface area contributed by atoms with Crippen LogP contribution in [0.3, 0.4) is 0 Å². The van der Waals surface area contributed by atoms with Gasteiger partial charge in [0.1, 0.15) is 5.75 Å². The first kappa shape index (κ1) is 17.6. The Hall–Kier alpha value is -1.75. The Labute approximate surface area is 147 Å². The van der Waals surface area contributed by atoms with Crippen molar-refractivity contribution in [3.05, 3.63) is 62.6 Å². The minimum Gasteiger partial charge on any atom is -0.472 e. The Morgan fingerprint density at radius 2 is 1.83 bits per heavy atom. The van der Waals surface area contributed by atoms with E-state index < -0.39 is 12.1 Å². The largest absolute Gasteiger partial charge is 0.472 e. The summed E-state index contributed by atoms with van der Waals surface area (Å²) in [5, 5.41) is 0.693. The molecule has 120 valence electrons. The van der Waals surface area contributed by atoms with Gasteiger partial charge in [-0.3, -0.25) is 4.79 Å². The maximum Gasteiger partial charge on any atom is 0.351 e. The summed E-state index contributed by atoms with van der Waals surface area (Å²) < 4.78 is 10.4. The molecule has 0 saturated heterocycles. The maximum atomic E-state index is 12.1. The minimum absolute atomic E-state index is 0.0291. The molecule has 2 rings (SSSR count). The van der Waals surface area contributed by atoms with Gasteiger partial charge in [-0.15, -0.1) is 0 Å². The van der Waals surface area contributed by atoms with Crippen LogP contribution in [0.4, 0.5) is 0 Å².